The third-order valence-corrected chi connectivity index (χ3v) is 4.78. The highest BCUT2D eigenvalue weighted by Crippen LogP contribution is 2.38. The summed E-state index contributed by atoms with van der Waals surface area (Å²) in [5.74, 6) is -1.64. The number of aliphatic imine (C=N–C) groups is 1. The number of hydrogen-bond acceptors (Lipinski definition) is 5. The van der Waals surface area contributed by atoms with E-state index >= 15 is 0 Å². The van der Waals surface area contributed by atoms with E-state index in [0.717, 1.165) is 12.1 Å². The van der Waals surface area contributed by atoms with Gasteiger partial charge in [0.05, 0.1) is 6.61 Å². The van der Waals surface area contributed by atoms with E-state index in [-0.39, 0.29) is 29.6 Å². The maximum atomic E-state index is 14.5. The zero-order valence-corrected chi connectivity index (χ0v) is 17.4. The SMILES string of the molecule is C[C@@H]1OC[C@](c2cc(NC(=O)c3ccc(Br)cn3)ccc2F)(C(F)F)N=C1N.Cl. The van der Waals surface area contributed by atoms with Crippen LogP contribution in [0.25, 0.3) is 0 Å². The van der Waals surface area contributed by atoms with E-state index in [2.05, 4.69) is 31.2 Å². The first-order valence-electron chi connectivity index (χ1n) is 8.21. The Morgan fingerprint density at radius 3 is 2.69 bits per heavy atom. The van der Waals surface area contributed by atoms with E-state index in [1.807, 2.05) is 0 Å². The molecular weight excluding hydrogens is 477 g/mol. The number of aromatic nitrogens is 1. The lowest BCUT2D eigenvalue weighted by Gasteiger charge is -2.35. The Hall–Kier alpha value is -2.17. The van der Waals surface area contributed by atoms with Gasteiger partial charge >= 0.3 is 0 Å². The van der Waals surface area contributed by atoms with Crippen LogP contribution < -0.4 is 11.1 Å². The fraction of sp³-hybridized carbons (Fsp3) is 0.278. The van der Waals surface area contributed by atoms with Crippen LogP contribution in [-0.4, -0.2) is 35.9 Å². The number of nitrogens with two attached hydrogens (primary N) is 1. The topological polar surface area (TPSA) is 89.6 Å². The average Bonchev–Trinajstić information content (AvgIpc) is 2.66. The quantitative estimate of drug-likeness (QED) is 0.676. The Labute approximate surface area is 179 Å². The van der Waals surface area contributed by atoms with Crippen molar-refractivity contribution in [2.45, 2.75) is 25.0 Å². The minimum atomic E-state index is -3.08. The van der Waals surface area contributed by atoms with Crippen LogP contribution in [0.1, 0.15) is 23.0 Å². The van der Waals surface area contributed by atoms with Crippen LogP contribution in [0.4, 0.5) is 18.9 Å². The summed E-state index contributed by atoms with van der Waals surface area (Å²) < 4.78 is 48.3. The summed E-state index contributed by atoms with van der Waals surface area (Å²) in [5.41, 5.74) is 3.18. The molecule has 1 aliphatic heterocycles. The molecule has 1 aromatic heterocycles. The van der Waals surface area contributed by atoms with Gasteiger partial charge in [0, 0.05) is 21.9 Å². The molecule has 11 heteroatoms. The molecule has 6 nitrogen and oxygen atoms in total. The molecule has 2 atom stereocenters. The van der Waals surface area contributed by atoms with Crippen molar-refractivity contribution in [2.75, 3.05) is 11.9 Å². The molecule has 0 bridgehead atoms. The summed E-state index contributed by atoms with van der Waals surface area (Å²) in [6, 6.07) is 6.45. The molecule has 156 valence electrons. The number of hydrogen-bond donors (Lipinski definition) is 2. The molecule has 1 amide bonds. The number of anilines is 1. The van der Waals surface area contributed by atoms with Crippen molar-refractivity contribution < 1.29 is 22.7 Å². The van der Waals surface area contributed by atoms with Crippen LogP contribution in [-0.2, 0) is 10.3 Å². The van der Waals surface area contributed by atoms with Crippen molar-refractivity contribution in [1.29, 1.82) is 0 Å². The molecule has 0 fully saturated rings. The highest BCUT2D eigenvalue weighted by molar-refractivity contribution is 9.10. The third kappa shape index (κ3) is 4.71. The molecule has 0 radical (unpaired) electrons. The van der Waals surface area contributed by atoms with Gasteiger partial charge in [0.2, 0.25) is 0 Å². The largest absolute Gasteiger partial charge is 0.385 e. The fourth-order valence-corrected chi connectivity index (χ4v) is 2.93. The molecule has 0 aliphatic carbocycles. The van der Waals surface area contributed by atoms with Gasteiger partial charge < -0.3 is 15.8 Å². The Bertz CT molecular complexity index is 930. The Kier molecular flexibility index (Phi) is 7.25. The predicted octanol–water partition coefficient (Wildman–Crippen LogP) is 3.89. The number of ether oxygens (including phenoxy) is 1. The standard InChI is InChI=1S/C18H16BrF3N4O2.ClH/c1-9-15(23)26-18(8-28-9,17(21)22)12-6-11(3-4-13(12)20)25-16(27)14-5-2-10(19)7-24-14;/h2-7,9,17H,8H2,1H3,(H2,23,26)(H,25,27);1H/t9-,18-;/m0./s1. The molecule has 2 heterocycles. The molecule has 0 saturated heterocycles. The lowest BCUT2D eigenvalue weighted by molar-refractivity contribution is -0.0340. The third-order valence-electron chi connectivity index (χ3n) is 4.31. The Balaban J connectivity index is 0.00000300. The van der Waals surface area contributed by atoms with E-state index in [9.17, 15) is 18.0 Å². The fourth-order valence-electron chi connectivity index (χ4n) is 2.70. The van der Waals surface area contributed by atoms with E-state index in [1.54, 1.807) is 13.0 Å². The maximum absolute atomic E-state index is 14.5. The summed E-state index contributed by atoms with van der Waals surface area (Å²) in [4.78, 5) is 20.1. The number of carbonyl (C=O) groups is 1. The van der Waals surface area contributed by atoms with Gasteiger partial charge in [0.25, 0.3) is 12.3 Å². The first kappa shape index (κ1) is 23.1. The molecule has 3 rings (SSSR count). The normalized spacial score (nSPS) is 21.3. The molecule has 0 saturated carbocycles. The van der Waals surface area contributed by atoms with Gasteiger partial charge in [-0.15, -0.1) is 12.4 Å². The van der Waals surface area contributed by atoms with Gasteiger partial charge in [-0.3, -0.25) is 9.79 Å². The van der Waals surface area contributed by atoms with Crippen molar-refractivity contribution >= 4 is 45.8 Å². The summed E-state index contributed by atoms with van der Waals surface area (Å²) in [6.07, 6.45) is -2.29. The minimum absolute atomic E-state index is 0. The first-order chi connectivity index (χ1) is 13.2. The number of pyridine rings is 1. The van der Waals surface area contributed by atoms with Crippen LogP contribution in [0.15, 0.2) is 46.0 Å². The van der Waals surface area contributed by atoms with Crippen LogP contribution in [0.5, 0.6) is 0 Å². The second kappa shape index (κ2) is 9.10. The number of rotatable bonds is 4. The van der Waals surface area contributed by atoms with Gasteiger partial charge in [0.1, 0.15) is 23.5 Å². The number of alkyl halides is 2. The van der Waals surface area contributed by atoms with Gasteiger partial charge in [-0.05, 0) is 53.2 Å². The maximum Gasteiger partial charge on any atom is 0.274 e. The number of nitrogens with one attached hydrogen (secondary N) is 1. The van der Waals surface area contributed by atoms with Crippen LogP contribution >= 0.6 is 28.3 Å². The monoisotopic (exact) mass is 492 g/mol. The lowest BCUT2D eigenvalue weighted by atomic mass is 9.89. The zero-order chi connectivity index (χ0) is 20.5. The number of nitrogens with zero attached hydrogens (tertiary/aromatic N) is 2. The van der Waals surface area contributed by atoms with Crippen molar-refractivity contribution in [2.24, 2.45) is 10.7 Å². The second-order valence-electron chi connectivity index (χ2n) is 6.23. The van der Waals surface area contributed by atoms with Crippen LogP contribution in [0.2, 0.25) is 0 Å². The van der Waals surface area contributed by atoms with Crippen molar-refractivity contribution in [3.63, 3.8) is 0 Å². The van der Waals surface area contributed by atoms with Crippen molar-refractivity contribution in [3.8, 4) is 0 Å². The highest BCUT2D eigenvalue weighted by Gasteiger charge is 2.47. The minimum Gasteiger partial charge on any atom is -0.385 e. The number of carbonyl (C=O) groups excluding carboxylic acids is 1. The van der Waals surface area contributed by atoms with E-state index < -0.39 is 42.0 Å². The zero-order valence-electron chi connectivity index (χ0n) is 15.0. The molecule has 0 spiro atoms. The average molecular weight is 494 g/mol. The molecule has 1 aromatic carbocycles. The second-order valence-corrected chi connectivity index (χ2v) is 7.14. The molecule has 2 aromatic rings. The lowest BCUT2D eigenvalue weighted by Crippen LogP contribution is -2.48. The number of benzene rings is 1. The predicted molar refractivity (Wildman–Crippen MR) is 108 cm³/mol. The highest BCUT2D eigenvalue weighted by atomic mass is 79.9. The number of amidine groups is 1. The van der Waals surface area contributed by atoms with Crippen LogP contribution in [0.3, 0.4) is 0 Å². The molecule has 3 N–H and O–H groups in total. The summed E-state index contributed by atoms with van der Waals surface area (Å²) in [7, 11) is 0. The van der Waals surface area contributed by atoms with Gasteiger partial charge in [-0.25, -0.2) is 18.2 Å². The van der Waals surface area contributed by atoms with Gasteiger partial charge in [-0.1, -0.05) is 0 Å². The Morgan fingerprint density at radius 1 is 1.38 bits per heavy atom. The molecule has 1 aliphatic rings. The van der Waals surface area contributed by atoms with E-state index in [4.69, 9.17) is 10.5 Å². The summed E-state index contributed by atoms with van der Waals surface area (Å²) in [6.45, 7) is 1.02. The van der Waals surface area contributed by atoms with Crippen molar-refractivity contribution in [3.05, 3.63) is 58.1 Å². The number of halogens is 5. The van der Waals surface area contributed by atoms with Gasteiger partial charge in [-0.2, -0.15) is 0 Å². The summed E-state index contributed by atoms with van der Waals surface area (Å²) >= 11 is 3.21. The molecule has 29 heavy (non-hydrogen) atoms. The summed E-state index contributed by atoms with van der Waals surface area (Å²) in [5, 5.41) is 2.51. The van der Waals surface area contributed by atoms with Crippen LogP contribution in [0, 0.1) is 5.82 Å². The first-order valence-corrected chi connectivity index (χ1v) is 9.00. The van der Waals surface area contributed by atoms with Gasteiger partial charge in [0.15, 0.2) is 5.54 Å². The smallest absolute Gasteiger partial charge is 0.274 e. The molecular formula is C18H17BrClF3N4O2. The molecule has 0 unspecified atom stereocenters. The van der Waals surface area contributed by atoms with Crippen molar-refractivity contribution in [1.82, 2.24) is 4.98 Å². The Morgan fingerprint density at radius 2 is 2.10 bits per heavy atom. The van der Waals surface area contributed by atoms with E-state index in [0.29, 0.717) is 4.47 Å². The number of amides is 1. The van der Waals surface area contributed by atoms with E-state index in [1.165, 1.54) is 18.3 Å².